The summed E-state index contributed by atoms with van der Waals surface area (Å²) in [5, 5.41) is 55.6. The number of anilines is 2. The number of hydrogen-bond acceptors (Lipinski definition) is 12. The summed E-state index contributed by atoms with van der Waals surface area (Å²) < 4.78 is 0. The van der Waals surface area contributed by atoms with Gasteiger partial charge < -0.3 is 65.0 Å². The van der Waals surface area contributed by atoms with Crippen LogP contribution in [0.1, 0.15) is 31.8 Å². The van der Waals surface area contributed by atoms with E-state index < -0.39 is 58.0 Å². The minimum atomic E-state index is -2.41. The highest BCUT2D eigenvalue weighted by Crippen LogP contribution is 2.39. The quantitative estimate of drug-likeness (QED) is 0.0656. The molecule has 0 aliphatic heterocycles. The Balaban J connectivity index is 0.000000198. The second-order valence-corrected chi connectivity index (χ2v) is 13.5. The van der Waals surface area contributed by atoms with Crippen molar-refractivity contribution in [1.29, 1.82) is 0 Å². The van der Waals surface area contributed by atoms with Crippen molar-refractivity contribution in [1.82, 2.24) is 0 Å². The molecule has 4 aromatic carbocycles. The molecular formula is C42H40N6O12. The minimum absolute atomic E-state index is 0.0581. The molecule has 0 bridgehead atoms. The van der Waals surface area contributed by atoms with E-state index in [1.165, 1.54) is 60.7 Å². The molecule has 0 radical (unpaired) electrons. The van der Waals surface area contributed by atoms with Crippen LogP contribution >= 0.6 is 0 Å². The fraction of sp³-hybridized carbons (Fsp3) is 0.0952. The number of nitrogens with two attached hydrogens (primary N) is 6. The van der Waals surface area contributed by atoms with Crippen LogP contribution in [-0.4, -0.2) is 77.8 Å². The monoisotopic (exact) mass is 820 g/mol. The first-order valence-electron chi connectivity index (χ1n) is 17.3. The van der Waals surface area contributed by atoms with Gasteiger partial charge in [0.25, 0.3) is 0 Å². The predicted octanol–water partition coefficient (Wildman–Crippen LogP) is 2.73. The van der Waals surface area contributed by atoms with Crippen LogP contribution in [0.2, 0.25) is 0 Å². The van der Waals surface area contributed by atoms with Crippen LogP contribution in [0.5, 0.6) is 0 Å². The van der Waals surface area contributed by atoms with E-state index in [1.807, 2.05) is 6.07 Å². The number of benzene rings is 4. The first-order valence-corrected chi connectivity index (χ1v) is 17.3. The van der Waals surface area contributed by atoms with E-state index in [0.29, 0.717) is 28.1 Å². The highest BCUT2D eigenvalue weighted by atomic mass is 16.4. The number of rotatable bonds is 9. The van der Waals surface area contributed by atoms with E-state index in [0.717, 1.165) is 17.7 Å². The highest BCUT2D eigenvalue weighted by molar-refractivity contribution is 6.06. The zero-order valence-corrected chi connectivity index (χ0v) is 31.3. The van der Waals surface area contributed by atoms with Crippen molar-refractivity contribution in [2.24, 2.45) is 33.8 Å². The number of carboxylic acids is 6. The number of hydrogen-bond donors (Lipinski definition) is 12. The van der Waals surface area contributed by atoms with Gasteiger partial charge in [-0.25, -0.2) is 9.59 Å². The molecule has 6 rings (SSSR count). The van der Waals surface area contributed by atoms with Crippen molar-refractivity contribution in [2.45, 2.75) is 11.3 Å². The number of carbonyl (C=O) groups is 6. The lowest BCUT2D eigenvalue weighted by molar-refractivity contribution is -0.166. The molecule has 18 N–H and O–H groups in total. The molecule has 0 spiro atoms. The first kappa shape index (κ1) is 44.8. The van der Waals surface area contributed by atoms with Gasteiger partial charge in [0.2, 0.25) is 10.8 Å². The van der Waals surface area contributed by atoms with Crippen LogP contribution in [-0.2, 0) is 19.2 Å². The van der Waals surface area contributed by atoms with Gasteiger partial charge >= 0.3 is 35.8 Å². The molecule has 2 aliphatic rings. The van der Waals surface area contributed by atoms with Crippen LogP contribution in [0.4, 0.5) is 11.4 Å². The van der Waals surface area contributed by atoms with E-state index in [9.17, 15) is 59.4 Å². The van der Waals surface area contributed by atoms with Crippen molar-refractivity contribution in [3.63, 3.8) is 0 Å². The molecule has 18 nitrogen and oxygen atoms in total. The van der Waals surface area contributed by atoms with Gasteiger partial charge in [-0.05, 0) is 75.9 Å². The van der Waals surface area contributed by atoms with Crippen LogP contribution in [0.25, 0.3) is 22.3 Å². The van der Waals surface area contributed by atoms with Crippen LogP contribution in [0.3, 0.4) is 0 Å². The van der Waals surface area contributed by atoms with E-state index in [4.69, 9.17) is 34.4 Å². The average molecular weight is 821 g/mol. The minimum Gasteiger partial charge on any atom is -0.480 e. The van der Waals surface area contributed by atoms with Gasteiger partial charge in [-0.1, -0.05) is 91.0 Å². The third-order valence-electron chi connectivity index (χ3n) is 9.59. The van der Waals surface area contributed by atoms with Gasteiger partial charge in [0.05, 0.1) is 11.1 Å². The predicted molar refractivity (Wildman–Crippen MR) is 219 cm³/mol. The molecule has 0 saturated carbocycles. The highest BCUT2D eigenvalue weighted by Gasteiger charge is 2.59. The molecule has 0 unspecified atom stereocenters. The van der Waals surface area contributed by atoms with Gasteiger partial charge in [-0.3, -0.25) is 19.2 Å². The molecule has 0 saturated heterocycles. The Kier molecular flexibility index (Phi) is 12.9. The Labute approximate surface area is 340 Å². The molecule has 0 amide bonds. The molecule has 2 aliphatic carbocycles. The summed E-state index contributed by atoms with van der Waals surface area (Å²) in [4.78, 5) is 68.2. The molecule has 0 atom stereocenters. The maximum Gasteiger partial charge on any atom is 0.336 e. The zero-order chi connectivity index (χ0) is 44.8. The average Bonchev–Trinajstić information content (AvgIpc) is 3.18. The number of aromatic carboxylic acids is 2. The fourth-order valence-corrected chi connectivity index (χ4v) is 6.30. The van der Waals surface area contributed by atoms with Crippen molar-refractivity contribution >= 4 is 58.3 Å². The van der Waals surface area contributed by atoms with Crippen LogP contribution in [0.15, 0.2) is 134 Å². The third kappa shape index (κ3) is 8.66. The number of allylic oxidation sites excluding steroid dienone is 4. The summed E-state index contributed by atoms with van der Waals surface area (Å²) in [5.74, 6) is -8.77. The Hall–Kier alpha value is -7.90. The maximum atomic E-state index is 11.5. The van der Waals surface area contributed by atoms with Gasteiger partial charge in [0.1, 0.15) is 11.3 Å². The number of nitrogen functional groups attached to an aromatic ring is 2. The summed E-state index contributed by atoms with van der Waals surface area (Å²) in [6, 6.07) is 26.4. The van der Waals surface area contributed by atoms with Gasteiger partial charge in [-0.15, -0.1) is 0 Å². The first-order chi connectivity index (χ1) is 28.0. The maximum absolute atomic E-state index is 11.5. The topological polar surface area (TPSA) is 380 Å². The standard InChI is InChI=1S/C14H12N2O4.2C14H14N2O4/c15-7-1-3-9(11(5-7)13(17)18)10-4-2-8(16)6-12(10)14(19)20;15-14(16)7-6-10(9-4-2-1-3-5-9)8-13(14,11(17)18)12(19)20;15-14(16)8-10(9-4-2-1-3-5-9)6-7-13(14,11(17)18)12(19)20/h1-6H,15-16H2,(H,17,18)(H,19,20);2*1-8H,15-16H2,(H,17,18)(H,19,20). The molecule has 4 aromatic rings. The number of aliphatic carboxylic acids is 4. The fourth-order valence-electron chi connectivity index (χ4n) is 6.30. The van der Waals surface area contributed by atoms with Gasteiger partial charge in [0, 0.05) is 11.4 Å². The van der Waals surface area contributed by atoms with Crippen molar-refractivity contribution < 1.29 is 59.4 Å². The largest absolute Gasteiger partial charge is 0.480 e. The molecule has 0 aromatic heterocycles. The second kappa shape index (κ2) is 17.3. The molecule has 0 fully saturated rings. The van der Waals surface area contributed by atoms with E-state index in [-0.39, 0.29) is 22.3 Å². The SMILES string of the molecule is NC1(N)C=C(c2ccccc2)C=CC1(C(=O)O)C(=O)O.NC1(N)C=CC(c2ccccc2)=CC1(C(=O)O)C(=O)O.Nc1ccc(-c2ccc(N)cc2C(=O)O)c(C(=O)O)c1. The summed E-state index contributed by atoms with van der Waals surface area (Å²) in [6.45, 7) is 0. The molecule has 60 heavy (non-hydrogen) atoms. The lowest BCUT2D eigenvalue weighted by Gasteiger charge is -2.38. The number of carboxylic acid groups (broad SMARTS) is 6. The zero-order valence-electron chi connectivity index (χ0n) is 31.3. The molecule has 0 heterocycles. The van der Waals surface area contributed by atoms with Crippen molar-refractivity contribution in [3.05, 3.63) is 156 Å². The molecular weight excluding hydrogens is 780 g/mol. The van der Waals surface area contributed by atoms with Gasteiger partial charge in [0.15, 0.2) is 0 Å². The van der Waals surface area contributed by atoms with Crippen molar-refractivity contribution in [3.8, 4) is 11.1 Å². The summed E-state index contributed by atoms with van der Waals surface area (Å²) >= 11 is 0. The van der Waals surface area contributed by atoms with Gasteiger partial charge in [-0.2, -0.15) is 0 Å². The Morgan fingerprint density at radius 1 is 0.433 bits per heavy atom. The normalized spacial score (nSPS) is 16.2. The molecule has 18 heteroatoms. The van der Waals surface area contributed by atoms with E-state index in [1.54, 1.807) is 54.6 Å². The Bertz CT molecular complexity index is 2400. The van der Waals surface area contributed by atoms with Crippen LogP contribution in [0, 0.1) is 10.8 Å². The Morgan fingerprint density at radius 2 is 0.800 bits per heavy atom. The third-order valence-corrected chi connectivity index (χ3v) is 9.59. The lowest BCUT2D eigenvalue weighted by atomic mass is 9.70. The summed E-state index contributed by atoms with van der Waals surface area (Å²) in [6.07, 6.45) is 7.53. The van der Waals surface area contributed by atoms with E-state index >= 15 is 0 Å². The molecule has 310 valence electrons. The van der Waals surface area contributed by atoms with Crippen molar-refractivity contribution in [2.75, 3.05) is 11.5 Å². The smallest absolute Gasteiger partial charge is 0.336 e. The second-order valence-electron chi connectivity index (χ2n) is 13.5. The Morgan fingerprint density at radius 3 is 1.15 bits per heavy atom. The summed E-state index contributed by atoms with van der Waals surface area (Å²) in [7, 11) is 0. The van der Waals surface area contributed by atoms with E-state index in [2.05, 4.69) is 0 Å². The summed E-state index contributed by atoms with van der Waals surface area (Å²) in [5.41, 5.74) is 28.7. The van der Waals surface area contributed by atoms with Crippen LogP contribution < -0.4 is 34.4 Å². The lowest BCUT2D eigenvalue weighted by Crippen LogP contribution is -2.67.